The van der Waals surface area contributed by atoms with E-state index in [9.17, 15) is 13.6 Å². The zero-order chi connectivity index (χ0) is 18.5. The number of methoxy groups -OCH3 is 1. The van der Waals surface area contributed by atoms with Gasteiger partial charge in [0.2, 0.25) is 0 Å². The number of benzene rings is 1. The molecule has 1 aliphatic heterocycles. The number of piperazine rings is 1. The van der Waals surface area contributed by atoms with E-state index in [0.717, 1.165) is 5.69 Å². The molecule has 2 aromatic rings. The number of halogens is 2. The molecule has 0 unspecified atom stereocenters. The van der Waals surface area contributed by atoms with E-state index in [1.54, 1.807) is 23.4 Å². The fourth-order valence-corrected chi connectivity index (χ4v) is 2.90. The Morgan fingerprint density at radius 1 is 1.08 bits per heavy atom. The number of anilines is 1. The van der Waals surface area contributed by atoms with Crippen LogP contribution in [-0.4, -0.2) is 55.7 Å². The third-order valence-corrected chi connectivity index (χ3v) is 4.22. The number of carbonyl (C=O) groups is 1. The highest BCUT2D eigenvalue weighted by Crippen LogP contribution is 2.30. The van der Waals surface area contributed by atoms with E-state index >= 15 is 0 Å². The van der Waals surface area contributed by atoms with Gasteiger partial charge in [0.1, 0.15) is 0 Å². The van der Waals surface area contributed by atoms with Crippen molar-refractivity contribution in [2.45, 2.75) is 6.61 Å². The van der Waals surface area contributed by atoms with Crippen LogP contribution in [0, 0.1) is 0 Å². The van der Waals surface area contributed by atoms with E-state index in [2.05, 4.69) is 14.6 Å². The van der Waals surface area contributed by atoms with Gasteiger partial charge in [-0.15, -0.1) is 0 Å². The quantitative estimate of drug-likeness (QED) is 0.818. The monoisotopic (exact) mass is 363 g/mol. The lowest BCUT2D eigenvalue weighted by Crippen LogP contribution is -2.48. The molecule has 1 amide bonds. The highest BCUT2D eigenvalue weighted by atomic mass is 19.3. The van der Waals surface area contributed by atoms with Crippen LogP contribution in [-0.2, 0) is 0 Å². The number of pyridine rings is 1. The average molecular weight is 363 g/mol. The molecule has 0 spiro atoms. The van der Waals surface area contributed by atoms with Gasteiger partial charge in [-0.1, -0.05) is 0 Å². The number of aromatic nitrogens is 1. The zero-order valence-corrected chi connectivity index (χ0v) is 14.3. The van der Waals surface area contributed by atoms with Gasteiger partial charge >= 0.3 is 6.61 Å². The molecule has 1 aliphatic rings. The number of carbonyl (C=O) groups excluding carboxylic acids is 1. The minimum absolute atomic E-state index is 0.149. The van der Waals surface area contributed by atoms with E-state index in [-0.39, 0.29) is 17.4 Å². The second-order valence-electron chi connectivity index (χ2n) is 5.73. The summed E-state index contributed by atoms with van der Waals surface area (Å²) >= 11 is 0. The van der Waals surface area contributed by atoms with Gasteiger partial charge in [-0.25, -0.2) is 0 Å². The van der Waals surface area contributed by atoms with Crippen LogP contribution in [0.25, 0.3) is 0 Å². The van der Waals surface area contributed by atoms with Crippen molar-refractivity contribution in [2.75, 3.05) is 38.2 Å². The molecule has 0 saturated carbocycles. The number of hydrogen-bond acceptors (Lipinski definition) is 5. The molecule has 1 aromatic heterocycles. The normalized spacial score (nSPS) is 14.5. The number of rotatable bonds is 5. The first-order valence-electron chi connectivity index (χ1n) is 8.15. The minimum atomic E-state index is -2.99. The number of hydrogen-bond donors (Lipinski definition) is 0. The third-order valence-electron chi connectivity index (χ3n) is 4.22. The molecule has 0 radical (unpaired) electrons. The van der Waals surface area contributed by atoms with Crippen LogP contribution in [0.4, 0.5) is 14.5 Å². The summed E-state index contributed by atoms with van der Waals surface area (Å²) in [7, 11) is 1.35. The van der Waals surface area contributed by atoms with E-state index < -0.39 is 6.61 Å². The van der Waals surface area contributed by atoms with Crippen molar-refractivity contribution >= 4 is 11.6 Å². The maximum absolute atomic E-state index is 12.7. The number of ether oxygens (including phenoxy) is 2. The van der Waals surface area contributed by atoms with Crippen LogP contribution >= 0.6 is 0 Å². The van der Waals surface area contributed by atoms with Crippen LogP contribution in [0.1, 0.15) is 10.4 Å². The van der Waals surface area contributed by atoms with Gasteiger partial charge in [-0.05, 0) is 30.3 Å². The highest BCUT2D eigenvalue weighted by molar-refractivity contribution is 5.95. The Morgan fingerprint density at radius 3 is 2.38 bits per heavy atom. The average Bonchev–Trinajstić information content (AvgIpc) is 2.68. The van der Waals surface area contributed by atoms with Crippen molar-refractivity contribution in [1.29, 1.82) is 0 Å². The lowest BCUT2D eigenvalue weighted by Gasteiger charge is -2.36. The van der Waals surface area contributed by atoms with Gasteiger partial charge in [0.05, 0.1) is 7.11 Å². The molecule has 1 saturated heterocycles. The molecule has 2 heterocycles. The molecular weight excluding hydrogens is 344 g/mol. The summed E-state index contributed by atoms with van der Waals surface area (Å²) in [5.74, 6) is -0.214. The smallest absolute Gasteiger partial charge is 0.387 e. The van der Waals surface area contributed by atoms with Gasteiger partial charge in [0, 0.05) is 49.8 Å². The molecule has 138 valence electrons. The maximum Gasteiger partial charge on any atom is 0.387 e. The molecule has 0 bridgehead atoms. The van der Waals surface area contributed by atoms with Gasteiger partial charge in [-0.3, -0.25) is 9.78 Å². The zero-order valence-electron chi connectivity index (χ0n) is 14.3. The van der Waals surface area contributed by atoms with Gasteiger partial charge < -0.3 is 19.3 Å². The first kappa shape index (κ1) is 17.9. The van der Waals surface area contributed by atoms with Crippen molar-refractivity contribution < 1.29 is 23.0 Å². The van der Waals surface area contributed by atoms with Crippen molar-refractivity contribution in [3.05, 3.63) is 48.3 Å². The first-order valence-corrected chi connectivity index (χ1v) is 8.15. The third kappa shape index (κ3) is 4.01. The van der Waals surface area contributed by atoms with E-state index in [1.807, 2.05) is 12.1 Å². The predicted molar refractivity (Wildman–Crippen MR) is 92.0 cm³/mol. The van der Waals surface area contributed by atoms with Crippen LogP contribution in [0.15, 0.2) is 42.7 Å². The Labute approximate surface area is 149 Å². The van der Waals surface area contributed by atoms with Crippen molar-refractivity contribution in [1.82, 2.24) is 9.88 Å². The summed E-state index contributed by atoms with van der Waals surface area (Å²) in [5.41, 5.74) is 1.35. The second-order valence-corrected chi connectivity index (χ2v) is 5.73. The first-order chi connectivity index (χ1) is 12.6. The standard InChI is InChI=1S/C18H19F2N3O3/c1-25-15-3-2-13(12-16(15)26-18(19)20)17(24)23-10-8-22(9-11-23)14-4-6-21-7-5-14/h2-7,12,18H,8-11H2,1H3. The summed E-state index contributed by atoms with van der Waals surface area (Å²) in [6, 6.07) is 8.15. The molecule has 0 N–H and O–H groups in total. The SMILES string of the molecule is COc1ccc(C(=O)N2CCN(c3ccncc3)CC2)cc1OC(F)F. The summed E-state index contributed by atoms with van der Waals surface area (Å²) < 4.78 is 34.5. The molecular formula is C18H19F2N3O3. The predicted octanol–water partition coefficient (Wildman–Crippen LogP) is 2.65. The van der Waals surface area contributed by atoms with Gasteiger partial charge in [-0.2, -0.15) is 8.78 Å². The van der Waals surface area contributed by atoms with Crippen LogP contribution in [0.5, 0.6) is 11.5 Å². The van der Waals surface area contributed by atoms with Crippen LogP contribution in [0.3, 0.4) is 0 Å². The molecule has 26 heavy (non-hydrogen) atoms. The topological polar surface area (TPSA) is 54.9 Å². The molecule has 0 atom stereocenters. The Balaban J connectivity index is 1.68. The Hall–Kier alpha value is -2.90. The number of amides is 1. The Kier molecular flexibility index (Phi) is 5.50. The van der Waals surface area contributed by atoms with Gasteiger partial charge in [0.15, 0.2) is 11.5 Å². The minimum Gasteiger partial charge on any atom is -0.493 e. The molecule has 3 rings (SSSR count). The number of nitrogens with zero attached hydrogens (tertiary/aromatic N) is 3. The maximum atomic E-state index is 12.7. The molecule has 1 fully saturated rings. The lowest BCUT2D eigenvalue weighted by molar-refractivity contribution is -0.0512. The van der Waals surface area contributed by atoms with Crippen LogP contribution < -0.4 is 14.4 Å². The fraction of sp³-hybridized carbons (Fsp3) is 0.333. The summed E-state index contributed by atoms with van der Waals surface area (Å²) in [5, 5.41) is 0. The number of alkyl halides is 2. The Bertz CT molecular complexity index is 751. The fourth-order valence-electron chi connectivity index (χ4n) is 2.90. The molecule has 6 nitrogen and oxygen atoms in total. The summed E-state index contributed by atoms with van der Waals surface area (Å²) in [4.78, 5) is 20.6. The summed E-state index contributed by atoms with van der Waals surface area (Å²) in [6.45, 7) is -0.534. The highest BCUT2D eigenvalue weighted by Gasteiger charge is 2.23. The van der Waals surface area contributed by atoms with E-state index in [0.29, 0.717) is 31.7 Å². The Morgan fingerprint density at radius 2 is 1.77 bits per heavy atom. The molecule has 8 heteroatoms. The van der Waals surface area contributed by atoms with Crippen LogP contribution in [0.2, 0.25) is 0 Å². The van der Waals surface area contributed by atoms with Gasteiger partial charge in [0.25, 0.3) is 5.91 Å². The van der Waals surface area contributed by atoms with E-state index in [1.165, 1.54) is 19.2 Å². The summed E-state index contributed by atoms with van der Waals surface area (Å²) in [6.07, 6.45) is 3.46. The second kappa shape index (κ2) is 7.99. The molecule has 1 aromatic carbocycles. The van der Waals surface area contributed by atoms with E-state index in [4.69, 9.17) is 4.74 Å². The molecule has 0 aliphatic carbocycles. The lowest BCUT2D eigenvalue weighted by atomic mass is 10.1. The largest absolute Gasteiger partial charge is 0.493 e. The van der Waals surface area contributed by atoms with Crippen molar-refractivity contribution in [2.24, 2.45) is 0 Å². The van der Waals surface area contributed by atoms with Crippen molar-refractivity contribution in [3.63, 3.8) is 0 Å². The van der Waals surface area contributed by atoms with Crippen molar-refractivity contribution in [3.8, 4) is 11.5 Å².